The predicted octanol–water partition coefficient (Wildman–Crippen LogP) is 4.36. The lowest BCUT2D eigenvalue weighted by Crippen LogP contribution is -2.43. The van der Waals surface area contributed by atoms with Gasteiger partial charge in [-0.1, -0.05) is 41.9 Å². The first-order valence-electron chi connectivity index (χ1n) is 10.6. The van der Waals surface area contributed by atoms with Gasteiger partial charge in [-0.25, -0.2) is 4.79 Å². The van der Waals surface area contributed by atoms with Gasteiger partial charge in [-0.3, -0.25) is 9.59 Å². The van der Waals surface area contributed by atoms with Crippen LogP contribution in [-0.2, 0) is 23.9 Å². The molecule has 1 aliphatic heterocycles. The summed E-state index contributed by atoms with van der Waals surface area (Å²) in [7, 11) is 1.29. The molecule has 0 unspecified atom stereocenters. The lowest BCUT2D eigenvalue weighted by Gasteiger charge is -2.38. The number of rotatable bonds is 7. The Labute approximate surface area is 201 Å². The summed E-state index contributed by atoms with van der Waals surface area (Å²) in [6.07, 6.45) is 0.512. The molecule has 0 saturated heterocycles. The molecule has 1 heterocycles. The Bertz CT molecular complexity index is 986. The summed E-state index contributed by atoms with van der Waals surface area (Å²) >= 11 is 5.18. The average Bonchev–Trinajstić information content (AvgIpc) is 2.75. The van der Waals surface area contributed by atoms with Crippen LogP contribution in [0.3, 0.4) is 0 Å². The van der Waals surface area contributed by atoms with E-state index in [1.165, 1.54) is 7.11 Å². The Morgan fingerprint density at radius 3 is 2.72 bits per heavy atom. The van der Waals surface area contributed by atoms with Crippen LogP contribution in [0, 0.1) is 11.8 Å². The largest absolute Gasteiger partial charge is 0.468 e. The quantitative estimate of drug-likeness (QED) is 0.324. The van der Waals surface area contributed by atoms with Crippen LogP contribution in [0.4, 0.5) is 0 Å². The van der Waals surface area contributed by atoms with Crippen molar-refractivity contribution >= 4 is 45.4 Å². The second-order valence-electron chi connectivity index (χ2n) is 7.92. The van der Waals surface area contributed by atoms with Crippen molar-refractivity contribution in [3.63, 3.8) is 0 Å². The minimum Gasteiger partial charge on any atom is -0.468 e. The molecule has 2 aliphatic rings. The van der Waals surface area contributed by atoms with Crippen molar-refractivity contribution in [1.29, 1.82) is 0 Å². The van der Waals surface area contributed by atoms with Gasteiger partial charge in [0.05, 0.1) is 12.7 Å². The van der Waals surface area contributed by atoms with Crippen molar-refractivity contribution in [1.82, 2.24) is 5.32 Å². The number of benzene rings is 1. The number of ether oxygens (including phenoxy) is 2. The van der Waals surface area contributed by atoms with E-state index in [1.807, 2.05) is 38.1 Å². The molecule has 0 amide bonds. The van der Waals surface area contributed by atoms with Crippen LogP contribution >= 0.6 is 27.7 Å². The van der Waals surface area contributed by atoms with Crippen molar-refractivity contribution < 1.29 is 23.9 Å². The summed E-state index contributed by atoms with van der Waals surface area (Å²) in [6, 6.07) is 7.54. The Morgan fingerprint density at radius 1 is 1.31 bits per heavy atom. The third-order valence-corrected chi connectivity index (χ3v) is 7.17. The van der Waals surface area contributed by atoms with Crippen molar-refractivity contribution in [2.45, 2.75) is 33.1 Å². The first-order valence-corrected chi connectivity index (χ1v) is 12.6. The van der Waals surface area contributed by atoms with E-state index < -0.39 is 23.8 Å². The molecule has 0 aromatic heterocycles. The number of hydrogen-bond donors (Lipinski definition) is 1. The van der Waals surface area contributed by atoms with E-state index in [2.05, 4.69) is 28.2 Å². The van der Waals surface area contributed by atoms with Gasteiger partial charge < -0.3 is 14.8 Å². The van der Waals surface area contributed by atoms with Gasteiger partial charge in [0.1, 0.15) is 12.5 Å². The number of carbonyl (C=O) groups excluding carboxylic acids is 3. The standard InChI is InChI=1S/C24H28BrNO5S/c1-5-32-10-9-31-24(29)19-14(3)26-17-11-13(2)18(23(28)30-4)22(27)21(17)20(19)15-7-6-8-16(25)12-15/h6-8,12-13,18,20,26H,5,9-11H2,1-4H3/t13-,18+,20-/m0/s1. The number of Topliss-reactive ketones (excluding diaryl/α,β-unsaturated/α-hetero) is 1. The van der Waals surface area contributed by atoms with E-state index in [0.717, 1.165) is 21.5 Å². The highest BCUT2D eigenvalue weighted by atomic mass is 79.9. The lowest BCUT2D eigenvalue weighted by molar-refractivity contribution is -0.151. The molecule has 0 spiro atoms. The van der Waals surface area contributed by atoms with Gasteiger partial charge in [0.2, 0.25) is 0 Å². The predicted molar refractivity (Wildman–Crippen MR) is 128 cm³/mol. The van der Waals surface area contributed by atoms with E-state index in [-0.39, 0.29) is 11.7 Å². The fourth-order valence-corrected chi connectivity index (χ4v) is 5.29. The molecule has 0 fully saturated rings. The maximum absolute atomic E-state index is 13.6. The number of ketones is 1. The molecule has 0 bridgehead atoms. The molecular formula is C24H28BrNO5S. The molecule has 0 saturated carbocycles. The maximum atomic E-state index is 13.6. The summed E-state index contributed by atoms with van der Waals surface area (Å²) < 4.78 is 11.3. The van der Waals surface area contributed by atoms with Crippen LogP contribution < -0.4 is 5.32 Å². The van der Waals surface area contributed by atoms with E-state index in [9.17, 15) is 14.4 Å². The van der Waals surface area contributed by atoms with Crippen LogP contribution in [0.1, 0.15) is 38.7 Å². The molecule has 6 nitrogen and oxygen atoms in total. The number of methoxy groups -OCH3 is 1. The monoisotopic (exact) mass is 521 g/mol. The van der Waals surface area contributed by atoms with Gasteiger partial charge >= 0.3 is 11.9 Å². The molecule has 1 aromatic rings. The number of thioether (sulfide) groups is 1. The van der Waals surface area contributed by atoms with Gasteiger partial charge in [0.25, 0.3) is 0 Å². The van der Waals surface area contributed by atoms with E-state index in [1.54, 1.807) is 11.8 Å². The molecule has 0 radical (unpaired) electrons. The highest BCUT2D eigenvalue weighted by Gasteiger charge is 2.47. The number of carbonyl (C=O) groups is 3. The van der Waals surface area contributed by atoms with Gasteiger partial charge in [0, 0.05) is 33.1 Å². The minimum atomic E-state index is -0.896. The molecular weight excluding hydrogens is 494 g/mol. The van der Waals surface area contributed by atoms with Crippen LogP contribution in [0.25, 0.3) is 0 Å². The van der Waals surface area contributed by atoms with Gasteiger partial charge in [0.15, 0.2) is 5.78 Å². The summed E-state index contributed by atoms with van der Waals surface area (Å²) in [6.45, 7) is 6.04. The van der Waals surface area contributed by atoms with E-state index in [4.69, 9.17) is 9.47 Å². The SMILES string of the molecule is CCSCCOC(=O)C1=C(C)NC2=C(C(=O)[C@H](C(=O)OC)[C@@H](C)C2)[C@H]1c1cccc(Br)c1. The molecule has 172 valence electrons. The fraction of sp³-hybridized carbons (Fsp3) is 0.458. The van der Waals surface area contributed by atoms with Crippen LogP contribution in [0.2, 0.25) is 0 Å². The number of nitrogens with one attached hydrogen (secondary N) is 1. The summed E-state index contributed by atoms with van der Waals surface area (Å²) in [4.78, 5) is 39.3. The summed E-state index contributed by atoms with van der Waals surface area (Å²) in [5, 5.41) is 3.27. The van der Waals surface area contributed by atoms with Gasteiger partial charge in [-0.05, 0) is 42.7 Å². The van der Waals surface area contributed by atoms with Crippen molar-refractivity contribution in [2.75, 3.05) is 25.2 Å². The van der Waals surface area contributed by atoms with Gasteiger partial charge in [-0.15, -0.1) is 0 Å². The molecule has 1 aromatic carbocycles. The highest BCUT2D eigenvalue weighted by molar-refractivity contribution is 9.10. The van der Waals surface area contributed by atoms with Crippen molar-refractivity contribution in [3.8, 4) is 0 Å². The number of dihydropyridines is 1. The normalized spacial score (nSPS) is 22.9. The van der Waals surface area contributed by atoms with Gasteiger partial charge in [-0.2, -0.15) is 11.8 Å². The average molecular weight is 522 g/mol. The zero-order valence-electron chi connectivity index (χ0n) is 18.7. The molecule has 1 aliphatic carbocycles. The van der Waals surface area contributed by atoms with Crippen molar-refractivity contribution in [3.05, 3.63) is 56.8 Å². The fourth-order valence-electron chi connectivity index (χ4n) is 4.39. The third kappa shape index (κ3) is 4.96. The molecule has 3 atom stereocenters. The molecule has 8 heteroatoms. The second kappa shape index (κ2) is 10.7. The Morgan fingerprint density at radius 2 is 2.06 bits per heavy atom. The zero-order chi connectivity index (χ0) is 23.4. The van der Waals surface area contributed by atoms with E-state index in [0.29, 0.717) is 35.6 Å². The number of allylic oxidation sites excluding steroid dienone is 3. The van der Waals surface area contributed by atoms with Crippen LogP contribution in [0.15, 0.2) is 51.3 Å². The topological polar surface area (TPSA) is 81.7 Å². The van der Waals surface area contributed by atoms with Crippen molar-refractivity contribution in [2.24, 2.45) is 11.8 Å². The third-order valence-electron chi connectivity index (χ3n) is 5.81. The highest BCUT2D eigenvalue weighted by Crippen LogP contribution is 2.45. The summed E-state index contributed by atoms with van der Waals surface area (Å²) in [5.74, 6) is -1.39. The number of halogens is 1. The number of esters is 2. The zero-order valence-corrected chi connectivity index (χ0v) is 21.1. The lowest BCUT2D eigenvalue weighted by atomic mass is 9.69. The Hall–Kier alpha value is -2.06. The van der Waals surface area contributed by atoms with Crippen LogP contribution in [0.5, 0.6) is 0 Å². The smallest absolute Gasteiger partial charge is 0.336 e. The number of hydrogen-bond acceptors (Lipinski definition) is 7. The Kier molecular flexibility index (Phi) is 8.22. The van der Waals surface area contributed by atoms with E-state index >= 15 is 0 Å². The molecule has 3 rings (SSSR count). The second-order valence-corrected chi connectivity index (χ2v) is 10.2. The summed E-state index contributed by atoms with van der Waals surface area (Å²) in [5.41, 5.74) is 3.04. The maximum Gasteiger partial charge on any atom is 0.336 e. The molecule has 1 N–H and O–H groups in total. The Balaban J connectivity index is 2.07. The minimum absolute atomic E-state index is 0.211. The first kappa shape index (κ1) is 24.6. The molecule has 32 heavy (non-hydrogen) atoms. The first-order chi connectivity index (χ1) is 15.3. The van der Waals surface area contributed by atoms with Crippen LogP contribution in [-0.4, -0.2) is 42.9 Å².